The van der Waals surface area contributed by atoms with Crippen LogP contribution in [0, 0.1) is 0 Å². The second kappa shape index (κ2) is 5.56. The van der Waals surface area contributed by atoms with Crippen molar-refractivity contribution in [2.75, 3.05) is 5.32 Å². The summed E-state index contributed by atoms with van der Waals surface area (Å²) in [6.45, 7) is 0. The number of hydrogen-bond donors (Lipinski definition) is 2. The predicted octanol–water partition coefficient (Wildman–Crippen LogP) is 4.08. The zero-order chi connectivity index (χ0) is 15.8. The van der Waals surface area contributed by atoms with Gasteiger partial charge in [0.25, 0.3) is 5.91 Å². The second-order valence-electron chi connectivity index (χ2n) is 5.52. The summed E-state index contributed by atoms with van der Waals surface area (Å²) in [4.78, 5) is 12.6. The molecule has 0 spiro atoms. The standard InChI is InChI=1S/C18H14ClN3O/c19-14-7-3-4-8-15(14)20-18(23)17-13-10-9-11-5-1-2-6-12(11)16(13)21-22-17/h1-8H,9-10H2,(H,20,23)(H,21,22). The van der Waals surface area contributed by atoms with Crippen molar-refractivity contribution in [1.82, 2.24) is 10.2 Å². The quantitative estimate of drug-likeness (QED) is 0.746. The van der Waals surface area contributed by atoms with Gasteiger partial charge in [-0.25, -0.2) is 0 Å². The van der Waals surface area contributed by atoms with Crippen molar-refractivity contribution < 1.29 is 4.79 Å². The largest absolute Gasteiger partial charge is 0.319 e. The van der Waals surface area contributed by atoms with Crippen LogP contribution in [0.4, 0.5) is 5.69 Å². The molecule has 0 saturated carbocycles. The lowest BCUT2D eigenvalue weighted by Gasteiger charge is -2.15. The van der Waals surface area contributed by atoms with Crippen molar-refractivity contribution in [3.63, 3.8) is 0 Å². The van der Waals surface area contributed by atoms with Crippen LogP contribution in [0.1, 0.15) is 21.6 Å². The molecule has 0 bridgehead atoms. The molecule has 1 aromatic heterocycles. The van der Waals surface area contributed by atoms with Crippen LogP contribution in [0.3, 0.4) is 0 Å². The molecule has 5 heteroatoms. The number of anilines is 1. The minimum absolute atomic E-state index is 0.216. The number of rotatable bonds is 2. The van der Waals surface area contributed by atoms with E-state index in [4.69, 9.17) is 11.6 Å². The number of benzene rings is 2. The highest BCUT2D eigenvalue weighted by atomic mass is 35.5. The van der Waals surface area contributed by atoms with E-state index in [1.54, 1.807) is 12.1 Å². The molecule has 23 heavy (non-hydrogen) atoms. The molecule has 0 aliphatic heterocycles. The summed E-state index contributed by atoms with van der Waals surface area (Å²) in [6, 6.07) is 15.4. The fourth-order valence-corrected chi connectivity index (χ4v) is 3.18. The number of nitrogens with zero attached hydrogens (tertiary/aromatic N) is 1. The number of aryl methyl sites for hydroxylation is 1. The number of fused-ring (bicyclic) bond motifs is 3. The molecule has 0 radical (unpaired) electrons. The summed E-state index contributed by atoms with van der Waals surface area (Å²) in [5.41, 5.74) is 5.31. The van der Waals surface area contributed by atoms with E-state index in [9.17, 15) is 4.79 Å². The molecule has 1 aliphatic carbocycles. The zero-order valence-electron chi connectivity index (χ0n) is 12.3. The minimum Gasteiger partial charge on any atom is -0.319 e. The third-order valence-electron chi connectivity index (χ3n) is 4.13. The zero-order valence-corrected chi connectivity index (χ0v) is 13.0. The molecular formula is C18H14ClN3O. The van der Waals surface area contributed by atoms with E-state index in [1.807, 2.05) is 30.3 Å². The van der Waals surface area contributed by atoms with Gasteiger partial charge in [-0.3, -0.25) is 9.89 Å². The van der Waals surface area contributed by atoms with Crippen molar-refractivity contribution in [2.24, 2.45) is 0 Å². The second-order valence-corrected chi connectivity index (χ2v) is 5.92. The number of carbonyl (C=O) groups excluding carboxylic acids is 1. The van der Waals surface area contributed by atoms with Crippen molar-refractivity contribution in [3.05, 3.63) is 70.4 Å². The van der Waals surface area contributed by atoms with Gasteiger partial charge < -0.3 is 5.32 Å². The molecule has 0 unspecified atom stereocenters. The smallest absolute Gasteiger partial charge is 0.274 e. The minimum atomic E-state index is -0.216. The fourth-order valence-electron chi connectivity index (χ4n) is 3.00. The van der Waals surface area contributed by atoms with Crippen molar-refractivity contribution >= 4 is 23.2 Å². The van der Waals surface area contributed by atoms with Crippen molar-refractivity contribution in [2.45, 2.75) is 12.8 Å². The van der Waals surface area contributed by atoms with Gasteiger partial charge in [0.05, 0.1) is 16.4 Å². The van der Waals surface area contributed by atoms with Crippen LogP contribution in [0.15, 0.2) is 48.5 Å². The topological polar surface area (TPSA) is 57.8 Å². The summed E-state index contributed by atoms with van der Waals surface area (Å²) in [7, 11) is 0. The Labute approximate surface area is 138 Å². The van der Waals surface area contributed by atoms with E-state index in [-0.39, 0.29) is 5.91 Å². The van der Waals surface area contributed by atoms with E-state index < -0.39 is 0 Å². The number of aromatic nitrogens is 2. The van der Waals surface area contributed by atoms with Crippen LogP contribution in [-0.2, 0) is 12.8 Å². The van der Waals surface area contributed by atoms with E-state index in [1.165, 1.54) is 5.56 Å². The van der Waals surface area contributed by atoms with E-state index >= 15 is 0 Å². The number of hydrogen-bond acceptors (Lipinski definition) is 2. The Morgan fingerprint density at radius 1 is 1.09 bits per heavy atom. The number of amides is 1. The highest BCUT2D eigenvalue weighted by molar-refractivity contribution is 6.33. The van der Waals surface area contributed by atoms with Crippen LogP contribution in [-0.4, -0.2) is 16.1 Å². The predicted molar refractivity (Wildman–Crippen MR) is 90.8 cm³/mol. The average Bonchev–Trinajstić information content (AvgIpc) is 3.01. The van der Waals surface area contributed by atoms with Crippen LogP contribution in [0.25, 0.3) is 11.3 Å². The SMILES string of the molecule is O=C(Nc1ccccc1Cl)c1[nH]nc2c1CCc1ccccc1-2. The third kappa shape index (κ3) is 2.41. The van der Waals surface area contributed by atoms with Crippen LogP contribution < -0.4 is 5.32 Å². The Balaban J connectivity index is 1.69. The summed E-state index contributed by atoms with van der Waals surface area (Å²) in [5.74, 6) is -0.216. The fraction of sp³-hybridized carbons (Fsp3) is 0.111. The van der Waals surface area contributed by atoms with Crippen molar-refractivity contribution in [3.8, 4) is 11.3 Å². The Bertz CT molecular complexity index is 901. The molecule has 4 nitrogen and oxygen atoms in total. The summed E-state index contributed by atoms with van der Waals surface area (Å²) in [5, 5.41) is 10.6. The number of para-hydroxylation sites is 1. The van der Waals surface area contributed by atoms with E-state index in [0.29, 0.717) is 16.4 Å². The lowest BCUT2D eigenvalue weighted by Crippen LogP contribution is -2.16. The van der Waals surface area contributed by atoms with Gasteiger partial charge in [-0.1, -0.05) is 48.0 Å². The Morgan fingerprint density at radius 3 is 2.74 bits per heavy atom. The molecule has 1 heterocycles. The molecule has 114 valence electrons. The molecule has 3 aromatic rings. The highest BCUT2D eigenvalue weighted by Gasteiger charge is 2.25. The first kappa shape index (κ1) is 14.0. The third-order valence-corrected chi connectivity index (χ3v) is 4.46. The van der Waals surface area contributed by atoms with Crippen LogP contribution in [0.2, 0.25) is 5.02 Å². The molecule has 0 saturated heterocycles. The Hall–Kier alpha value is -2.59. The molecule has 2 aromatic carbocycles. The summed E-state index contributed by atoms with van der Waals surface area (Å²) < 4.78 is 0. The van der Waals surface area contributed by atoms with Gasteiger partial charge in [-0.2, -0.15) is 5.10 Å². The molecule has 4 rings (SSSR count). The summed E-state index contributed by atoms with van der Waals surface area (Å²) >= 11 is 6.10. The maximum atomic E-state index is 12.6. The van der Waals surface area contributed by atoms with E-state index in [0.717, 1.165) is 29.7 Å². The van der Waals surface area contributed by atoms with Gasteiger partial charge in [0.1, 0.15) is 5.69 Å². The molecule has 2 N–H and O–H groups in total. The maximum Gasteiger partial charge on any atom is 0.274 e. The number of H-pyrrole nitrogens is 1. The van der Waals surface area contributed by atoms with Crippen LogP contribution >= 0.6 is 11.6 Å². The Morgan fingerprint density at radius 2 is 1.87 bits per heavy atom. The normalized spacial score (nSPS) is 12.4. The average molecular weight is 324 g/mol. The molecule has 0 fully saturated rings. The Kier molecular flexibility index (Phi) is 3.39. The van der Waals surface area contributed by atoms with Gasteiger partial charge in [0.15, 0.2) is 0 Å². The molecule has 1 aliphatic rings. The number of halogens is 1. The van der Waals surface area contributed by atoms with Gasteiger partial charge in [-0.05, 0) is 30.5 Å². The van der Waals surface area contributed by atoms with E-state index in [2.05, 4.69) is 21.6 Å². The van der Waals surface area contributed by atoms with Crippen molar-refractivity contribution in [1.29, 1.82) is 0 Å². The monoisotopic (exact) mass is 323 g/mol. The molecule has 0 atom stereocenters. The molecular weight excluding hydrogens is 310 g/mol. The first-order valence-electron chi connectivity index (χ1n) is 7.45. The highest BCUT2D eigenvalue weighted by Crippen LogP contribution is 2.33. The van der Waals surface area contributed by atoms with Gasteiger partial charge in [0, 0.05) is 11.1 Å². The first-order valence-corrected chi connectivity index (χ1v) is 7.83. The van der Waals surface area contributed by atoms with Gasteiger partial charge >= 0.3 is 0 Å². The lowest BCUT2D eigenvalue weighted by molar-refractivity contribution is 0.102. The number of aromatic amines is 1. The maximum absolute atomic E-state index is 12.6. The number of nitrogens with one attached hydrogen (secondary N) is 2. The lowest BCUT2D eigenvalue weighted by atomic mass is 9.89. The van der Waals surface area contributed by atoms with Gasteiger partial charge in [-0.15, -0.1) is 0 Å². The molecule has 1 amide bonds. The van der Waals surface area contributed by atoms with Gasteiger partial charge in [0.2, 0.25) is 0 Å². The number of carbonyl (C=O) groups is 1. The van der Waals surface area contributed by atoms with Crippen LogP contribution in [0.5, 0.6) is 0 Å². The summed E-state index contributed by atoms with van der Waals surface area (Å²) in [6.07, 6.45) is 1.71. The first-order chi connectivity index (χ1) is 11.2.